The molecule has 5 heteroatoms. The highest BCUT2D eigenvalue weighted by Gasteiger charge is 2.23. The summed E-state index contributed by atoms with van der Waals surface area (Å²) in [5.41, 5.74) is 5.28. The Labute approximate surface area is 159 Å². The van der Waals surface area contributed by atoms with Gasteiger partial charge in [-0.15, -0.1) is 0 Å². The molecule has 1 amide bonds. The maximum absolute atomic E-state index is 13.1. The van der Waals surface area contributed by atoms with Crippen molar-refractivity contribution in [1.29, 1.82) is 0 Å². The normalized spacial score (nSPS) is 16.7. The molecule has 4 rings (SSSR count). The Balaban J connectivity index is 1.52. The number of aromatic nitrogens is 2. The van der Waals surface area contributed by atoms with Gasteiger partial charge in [0.2, 0.25) is 5.91 Å². The van der Waals surface area contributed by atoms with Gasteiger partial charge in [-0.25, -0.2) is 4.98 Å². The number of hydrogen-bond acceptors (Lipinski definition) is 3. The maximum atomic E-state index is 13.1. The van der Waals surface area contributed by atoms with Crippen LogP contribution < -0.4 is 0 Å². The van der Waals surface area contributed by atoms with E-state index in [1.165, 1.54) is 11.1 Å². The third kappa shape index (κ3) is 4.19. The maximum Gasteiger partial charge on any atom is 0.227 e. The predicted molar refractivity (Wildman–Crippen MR) is 105 cm³/mol. The summed E-state index contributed by atoms with van der Waals surface area (Å²) in [5.74, 6) is 0.132. The van der Waals surface area contributed by atoms with Crippen molar-refractivity contribution < 1.29 is 9.53 Å². The number of nitrogens with zero attached hydrogens (tertiary/aromatic N) is 2. The lowest BCUT2D eigenvalue weighted by atomic mass is 10.1. The van der Waals surface area contributed by atoms with Crippen molar-refractivity contribution in [2.75, 3.05) is 13.2 Å². The molecule has 0 aliphatic carbocycles. The third-order valence-electron chi connectivity index (χ3n) is 5.26. The van der Waals surface area contributed by atoms with Crippen LogP contribution in [0.3, 0.4) is 0 Å². The van der Waals surface area contributed by atoms with Gasteiger partial charge in [0.05, 0.1) is 29.9 Å². The number of hydrogen-bond donors (Lipinski definition) is 1. The van der Waals surface area contributed by atoms with E-state index in [1.54, 1.807) is 6.33 Å². The summed E-state index contributed by atoms with van der Waals surface area (Å²) in [6, 6.07) is 14.2. The van der Waals surface area contributed by atoms with E-state index in [1.807, 2.05) is 35.2 Å². The van der Waals surface area contributed by atoms with E-state index in [9.17, 15) is 4.79 Å². The Hall–Kier alpha value is -2.66. The van der Waals surface area contributed by atoms with Crippen molar-refractivity contribution in [3.8, 4) is 0 Å². The zero-order valence-electron chi connectivity index (χ0n) is 15.6. The second-order valence-electron chi connectivity index (χ2n) is 7.27. The Kier molecular flexibility index (Phi) is 5.21. The van der Waals surface area contributed by atoms with Gasteiger partial charge in [0.15, 0.2) is 0 Å². The highest BCUT2D eigenvalue weighted by atomic mass is 16.5. The quantitative estimate of drug-likeness (QED) is 0.728. The molecule has 0 saturated carbocycles. The Morgan fingerprint density at radius 1 is 1.30 bits per heavy atom. The Morgan fingerprint density at radius 2 is 2.19 bits per heavy atom. The standard InChI is InChI=1S/C22H25N3O2/c1-16-5-2-3-6-18(16)13-25(14-19-7-4-10-27-19)22(26)12-17-8-9-20-21(11-17)24-15-23-20/h2-3,5-6,8-9,11,15,19H,4,7,10,12-14H2,1H3,(H,23,24). The number of carbonyl (C=O) groups excluding carboxylic acids is 1. The monoisotopic (exact) mass is 363 g/mol. The highest BCUT2D eigenvalue weighted by Crippen LogP contribution is 2.19. The zero-order chi connectivity index (χ0) is 18.6. The van der Waals surface area contributed by atoms with Crippen LogP contribution >= 0.6 is 0 Å². The summed E-state index contributed by atoms with van der Waals surface area (Å²) in [6.07, 6.45) is 4.31. The number of nitrogens with one attached hydrogen (secondary N) is 1. The summed E-state index contributed by atoms with van der Waals surface area (Å²) in [5, 5.41) is 0. The Morgan fingerprint density at radius 3 is 3.00 bits per heavy atom. The number of rotatable bonds is 6. The van der Waals surface area contributed by atoms with E-state index in [4.69, 9.17) is 4.74 Å². The van der Waals surface area contributed by atoms with Crippen LogP contribution in [0.5, 0.6) is 0 Å². The molecule has 2 aromatic carbocycles. The highest BCUT2D eigenvalue weighted by molar-refractivity contribution is 5.81. The van der Waals surface area contributed by atoms with Gasteiger partial charge in [-0.2, -0.15) is 0 Å². The number of ether oxygens (including phenoxy) is 1. The number of benzene rings is 2. The van der Waals surface area contributed by atoms with Crippen molar-refractivity contribution >= 4 is 16.9 Å². The van der Waals surface area contributed by atoms with E-state index in [2.05, 4.69) is 29.0 Å². The molecule has 1 aliphatic heterocycles. The number of H-pyrrole nitrogens is 1. The lowest BCUT2D eigenvalue weighted by Crippen LogP contribution is -2.38. The molecule has 0 spiro atoms. The molecule has 2 heterocycles. The fourth-order valence-electron chi connectivity index (χ4n) is 3.66. The van der Waals surface area contributed by atoms with Gasteiger partial charge in [0, 0.05) is 19.7 Å². The molecule has 5 nitrogen and oxygen atoms in total. The van der Waals surface area contributed by atoms with Gasteiger partial charge >= 0.3 is 0 Å². The lowest BCUT2D eigenvalue weighted by molar-refractivity contribution is -0.132. The summed E-state index contributed by atoms with van der Waals surface area (Å²) in [4.78, 5) is 22.4. The van der Waals surface area contributed by atoms with E-state index < -0.39 is 0 Å². The molecule has 1 fully saturated rings. The fraction of sp³-hybridized carbons (Fsp3) is 0.364. The molecular weight excluding hydrogens is 338 g/mol. The molecule has 1 saturated heterocycles. The van der Waals surface area contributed by atoms with E-state index in [0.29, 0.717) is 19.5 Å². The van der Waals surface area contributed by atoms with Crippen LogP contribution in [0.1, 0.15) is 29.5 Å². The number of imidazole rings is 1. The van der Waals surface area contributed by atoms with Crippen LogP contribution in [0.2, 0.25) is 0 Å². The van der Waals surface area contributed by atoms with E-state index >= 15 is 0 Å². The average molecular weight is 363 g/mol. The number of fused-ring (bicyclic) bond motifs is 1. The summed E-state index contributed by atoms with van der Waals surface area (Å²) in [7, 11) is 0. The van der Waals surface area contributed by atoms with Crippen LogP contribution in [0.15, 0.2) is 48.8 Å². The first-order valence-corrected chi connectivity index (χ1v) is 9.55. The minimum atomic E-state index is 0.132. The Bertz CT molecular complexity index is 928. The lowest BCUT2D eigenvalue weighted by Gasteiger charge is -2.26. The minimum Gasteiger partial charge on any atom is -0.376 e. The first kappa shape index (κ1) is 17.7. The van der Waals surface area contributed by atoms with Gasteiger partial charge in [-0.05, 0) is 48.6 Å². The number of amides is 1. The third-order valence-corrected chi connectivity index (χ3v) is 5.26. The van der Waals surface area contributed by atoms with E-state index in [0.717, 1.165) is 36.0 Å². The molecule has 0 bridgehead atoms. The molecular formula is C22H25N3O2. The van der Waals surface area contributed by atoms with Crippen molar-refractivity contribution in [2.45, 2.75) is 38.8 Å². The largest absolute Gasteiger partial charge is 0.376 e. The van der Waals surface area contributed by atoms with Crippen LogP contribution in [0.4, 0.5) is 0 Å². The molecule has 27 heavy (non-hydrogen) atoms. The second kappa shape index (κ2) is 7.92. The molecule has 1 unspecified atom stereocenters. The fourth-order valence-corrected chi connectivity index (χ4v) is 3.66. The summed E-state index contributed by atoms with van der Waals surface area (Å²) < 4.78 is 5.79. The average Bonchev–Trinajstić information content (AvgIpc) is 3.34. The van der Waals surface area contributed by atoms with Crippen LogP contribution in [0.25, 0.3) is 11.0 Å². The van der Waals surface area contributed by atoms with Crippen LogP contribution in [-0.4, -0.2) is 40.0 Å². The predicted octanol–water partition coefficient (Wildman–Crippen LogP) is 3.62. The number of aryl methyl sites for hydroxylation is 1. The molecule has 1 aliphatic rings. The smallest absolute Gasteiger partial charge is 0.227 e. The molecule has 1 N–H and O–H groups in total. The van der Waals surface area contributed by atoms with Gasteiger partial charge in [-0.1, -0.05) is 30.3 Å². The topological polar surface area (TPSA) is 58.2 Å². The summed E-state index contributed by atoms with van der Waals surface area (Å²) in [6.45, 7) is 4.17. The SMILES string of the molecule is Cc1ccccc1CN(CC1CCCO1)C(=O)Cc1ccc2nc[nH]c2c1. The van der Waals surface area contributed by atoms with Crippen LogP contribution in [-0.2, 0) is 22.5 Å². The van der Waals surface area contributed by atoms with Gasteiger partial charge < -0.3 is 14.6 Å². The zero-order valence-corrected chi connectivity index (χ0v) is 15.6. The van der Waals surface area contributed by atoms with Gasteiger partial charge in [0.25, 0.3) is 0 Å². The molecule has 1 atom stereocenters. The van der Waals surface area contributed by atoms with Crippen molar-refractivity contribution in [3.63, 3.8) is 0 Å². The molecule has 1 aromatic heterocycles. The van der Waals surface area contributed by atoms with Crippen LogP contribution in [0, 0.1) is 6.92 Å². The van der Waals surface area contributed by atoms with Crippen molar-refractivity contribution in [2.24, 2.45) is 0 Å². The van der Waals surface area contributed by atoms with Crippen molar-refractivity contribution in [3.05, 3.63) is 65.5 Å². The first-order chi connectivity index (χ1) is 13.2. The van der Waals surface area contributed by atoms with E-state index in [-0.39, 0.29) is 12.0 Å². The minimum absolute atomic E-state index is 0.132. The van der Waals surface area contributed by atoms with Gasteiger partial charge in [-0.3, -0.25) is 4.79 Å². The van der Waals surface area contributed by atoms with Crippen molar-refractivity contribution in [1.82, 2.24) is 14.9 Å². The molecule has 140 valence electrons. The number of carbonyl (C=O) groups is 1. The molecule has 3 aromatic rings. The van der Waals surface area contributed by atoms with Gasteiger partial charge in [0.1, 0.15) is 0 Å². The summed E-state index contributed by atoms with van der Waals surface area (Å²) >= 11 is 0. The number of aromatic amines is 1. The second-order valence-corrected chi connectivity index (χ2v) is 7.27. The first-order valence-electron chi connectivity index (χ1n) is 9.55. The molecule has 0 radical (unpaired) electrons.